The van der Waals surface area contributed by atoms with Crippen molar-refractivity contribution in [2.24, 2.45) is 5.92 Å². The van der Waals surface area contributed by atoms with Gasteiger partial charge in [-0.2, -0.15) is 13.2 Å². The molecule has 0 aromatic heterocycles. The van der Waals surface area contributed by atoms with Gasteiger partial charge in [-0.15, -0.1) is 0 Å². The summed E-state index contributed by atoms with van der Waals surface area (Å²) in [5.41, 5.74) is -0.0355. The maximum absolute atomic E-state index is 12.7. The van der Waals surface area contributed by atoms with Crippen LogP contribution in [-0.4, -0.2) is 11.7 Å². The predicted octanol–water partition coefficient (Wildman–Crippen LogP) is 5.30. The van der Waals surface area contributed by atoms with E-state index in [1.165, 1.54) is 12.1 Å². The van der Waals surface area contributed by atoms with Gasteiger partial charge >= 0.3 is 6.18 Å². The number of aliphatic hydroxyl groups is 1. The van der Waals surface area contributed by atoms with Crippen LogP contribution in [0.4, 0.5) is 13.2 Å². The van der Waals surface area contributed by atoms with Gasteiger partial charge in [-0.1, -0.05) is 42.5 Å². The molecule has 0 saturated heterocycles. The minimum atomic E-state index is -4.35. The van der Waals surface area contributed by atoms with Gasteiger partial charge in [-0.3, -0.25) is 0 Å². The van der Waals surface area contributed by atoms with Gasteiger partial charge in [0.25, 0.3) is 0 Å². The van der Waals surface area contributed by atoms with E-state index in [-0.39, 0.29) is 0 Å². The Morgan fingerprint density at radius 1 is 0.962 bits per heavy atom. The molecule has 0 spiro atoms. The van der Waals surface area contributed by atoms with Crippen molar-refractivity contribution < 1.29 is 23.0 Å². The molecule has 140 valence electrons. The van der Waals surface area contributed by atoms with E-state index in [0.717, 1.165) is 30.5 Å². The molecule has 2 aromatic rings. The first-order valence-electron chi connectivity index (χ1n) is 8.89. The van der Waals surface area contributed by atoms with Gasteiger partial charge in [-0.05, 0) is 54.9 Å². The summed E-state index contributed by atoms with van der Waals surface area (Å²) in [7, 11) is 0. The largest absolute Gasteiger partial charge is 0.416 e. The molecule has 0 heterocycles. The number of hydrogen-bond donors (Lipinski definition) is 1. The number of halogens is 3. The average molecular weight is 364 g/mol. The van der Waals surface area contributed by atoms with E-state index in [4.69, 9.17) is 4.74 Å². The Hall–Kier alpha value is -1.85. The van der Waals surface area contributed by atoms with Crippen molar-refractivity contribution >= 4 is 0 Å². The molecular weight excluding hydrogens is 341 g/mol. The number of hydrogen-bond acceptors (Lipinski definition) is 2. The Balaban J connectivity index is 1.50. The summed E-state index contributed by atoms with van der Waals surface area (Å²) < 4.78 is 43.8. The zero-order valence-electron chi connectivity index (χ0n) is 14.5. The summed E-state index contributed by atoms with van der Waals surface area (Å²) in [6.07, 6.45) is -1.68. The van der Waals surface area contributed by atoms with Gasteiger partial charge in [0.2, 0.25) is 0 Å². The predicted molar refractivity (Wildman–Crippen MR) is 93.4 cm³/mol. The number of benzene rings is 2. The molecule has 0 atom stereocenters. The molecule has 0 bridgehead atoms. The first-order valence-corrected chi connectivity index (χ1v) is 8.89. The fourth-order valence-electron chi connectivity index (χ4n) is 3.50. The van der Waals surface area contributed by atoms with Gasteiger partial charge in [0.05, 0.1) is 17.8 Å². The van der Waals surface area contributed by atoms with E-state index in [2.05, 4.69) is 0 Å². The topological polar surface area (TPSA) is 29.5 Å². The van der Waals surface area contributed by atoms with Crippen LogP contribution < -0.4 is 0 Å². The van der Waals surface area contributed by atoms with Crippen LogP contribution in [0, 0.1) is 5.92 Å². The summed E-state index contributed by atoms with van der Waals surface area (Å²) in [5.74, 6) is 0.369. The molecule has 0 radical (unpaired) electrons. The lowest BCUT2D eigenvalue weighted by Gasteiger charge is -2.36. The second-order valence-corrected chi connectivity index (χ2v) is 7.05. The van der Waals surface area contributed by atoms with Crippen LogP contribution in [0.15, 0.2) is 54.6 Å². The third kappa shape index (κ3) is 4.65. The van der Waals surface area contributed by atoms with Crippen molar-refractivity contribution in [3.05, 3.63) is 71.3 Å². The summed E-state index contributed by atoms with van der Waals surface area (Å²) >= 11 is 0. The quantitative estimate of drug-likeness (QED) is 0.780. The van der Waals surface area contributed by atoms with Crippen molar-refractivity contribution in [1.82, 2.24) is 0 Å². The number of rotatable bonds is 5. The average Bonchev–Trinajstić information content (AvgIpc) is 2.64. The van der Waals surface area contributed by atoms with Gasteiger partial charge in [0, 0.05) is 6.61 Å². The summed E-state index contributed by atoms with van der Waals surface area (Å²) in [5, 5.41) is 10.8. The summed E-state index contributed by atoms with van der Waals surface area (Å²) in [6.45, 7) is 1.21. The minimum absolute atomic E-state index is 0.369. The van der Waals surface area contributed by atoms with Crippen LogP contribution in [0.5, 0.6) is 0 Å². The third-order valence-electron chi connectivity index (χ3n) is 5.15. The van der Waals surface area contributed by atoms with E-state index >= 15 is 0 Å². The molecular formula is C21H23F3O2. The molecule has 1 aliphatic rings. The molecule has 1 aliphatic carbocycles. The van der Waals surface area contributed by atoms with Crippen LogP contribution in [0.3, 0.4) is 0 Å². The highest BCUT2D eigenvalue weighted by molar-refractivity contribution is 5.29. The molecule has 0 amide bonds. The lowest BCUT2D eigenvalue weighted by Crippen LogP contribution is -2.32. The van der Waals surface area contributed by atoms with Crippen LogP contribution in [0.25, 0.3) is 0 Å². The SMILES string of the molecule is OC1(c2ccc(C(F)(F)F)cc2)CCC(COCc2ccccc2)CC1. The fourth-order valence-corrected chi connectivity index (χ4v) is 3.50. The van der Waals surface area contributed by atoms with Crippen molar-refractivity contribution in [1.29, 1.82) is 0 Å². The highest BCUT2D eigenvalue weighted by Crippen LogP contribution is 2.40. The third-order valence-corrected chi connectivity index (χ3v) is 5.15. The maximum Gasteiger partial charge on any atom is 0.416 e. The van der Waals surface area contributed by atoms with E-state index in [1.807, 2.05) is 30.3 Å². The van der Waals surface area contributed by atoms with Crippen LogP contribution in [0.2, 0.25) is 0 Å². The smallest absolute Gasteiger partial charge is 0.385 e. The molecule has 1 fully saturated rings. The summed E-state index contributed by atoms with van der Waals surface area (Å²) in [4.78, 5) is 0. The second kappa shape index (κ2) is 7.80. The highest BCUT2D eigenvalue weighted by atomic mass is 19.4. The van der Waals surface area contributed by atoms with E-state index in [0.29, 0.717) is 37.5 Å². The summed E-state index contributed by atoms with van der Waals surface area (Å²) in [6, 6.07) is 14.8. The van der Waals surface area contributed by atoms with Crippen molar-refractivity contribution in [3.63, 3.8) is 0 Å². The second-order valence-electron chi connectivity index (χ2n) is 7.05. The maximum atomic E-state index is 12.7. The number of ether oxygens (including phenoxy) is 1. The normalized spacial score (nSPS) is 23.8. The lowest BCUT2D eigenvalue weighted by atomic mass is 9.75. The van der Waals surface area contributed by atoms with Gasteiger partial charge < -0.3 is 9.84 Å². The lowest BCUT2D eigenvalue weighted by molar-refractivity contribution is -0.137. The van der Waals surface area contributed by atoms with Crippen molar-refractivity contribution in [2.45, 2.75) is 44.1 Å². The zero-order valence-corrected chi connectivity index (χ0v) is 14.5. The molecule has 2 nitrogen and oxygen atoms in total. The first kappa shape index (κ1) is 18.9. The van der Waals surface area contributed by atoms with Crippen LogP contribution in [-0.2, 0) is 23.1 Å². The molecule has 26 heavy (non-hydrogen) atoms. The Morgan fingerprint density at radius 3 is 2.15 bits per heavy atom. The zero-order chi connectivity index (χ0) is 18.6. The monoisotopic (exact) mass is 364 g/mol. The van der Waals surface area contributed by atoms with Gasteiger partial charge in [0.1, 0.15) is 0 Å². The van der Waals surface area contributed by atoms with Gasteiger partial charge in [0.15, 0.2) is 0 Å². The Kier molecular flexibility index (Phi) is 5.68. The van der Waals surface area contributed by atoms with Crippen molar-refractivity contribution in [3.8, 4) is 0 Å². The van der Waals surface area contributed by atoms with E-state index in [1.54, 1.807) is 0 Å². The molecule has 2 aromatic carbocycles. The van der Waals surface area contributed by atoms with E-state index < -0.39 is 17.3 Å². The molecule has 0 aliphatic heterocycles. The molecule has 1 saturated carbocycles. The van der Waals surface area contributed by atoms with Crippen molar-refractivity contribution in [2.75, 3.05) is 6.61 Å². The molecule has 0 unspecified atom stereocenters. The first-order chi connectivity index (χ1) is 12.4. The Morgan fingerprint density at radius 2 is 1.58 bits per heavy atom. The minimum Gasteiger partial charge on any atom is -0.385 e. The van der Waals surface area contributed by atoms with Gasteiger partial charge in [-0.25, -0.2) is 0 Å². The highest BCUT2D eigenvalue weighted by Gasteiger charge is 2.36. The molecule has 1 N–H and O–H groups in total. The standard InChI is InChI=1S/C21H23F3O2/c22-21(23,24)19-8-6-18(7-9-19)20(25)12-10-17(11-13-20)15-26-14-16-4-2-1-3-5-16/h1-9,17,25H,10-15H2. The molecule has 3 rings (SSSR count). The Bertz CT molecular complexity index is 687. The number of alkyl halides is 3. The fraction of sp³-hybridized carbons (Fsp3) is 0.429. The van der Waals surface area contributed by atoms with E-state index in [9.17, 15) is 18.3 Å². The Labute approximate surface area is 151 Å². The van der Waals surface area contributed by atoms with Crippen LogP contribution >= 0.6 is 0 Å². The van der Waals surface area contributed by atoms with Crippen LogP contribution in [0.1, 0.15) is 42.4 Å². The molecule has 5 heteroatoms.